The van der Waals surface area contributed by atoms with E-state index in [9.17, 15) is 14.7 Å². The lowest BCUT2D eigenvalue weighted by Crippen LogP contribution is -2.36. The number of fused-ring (bicyclic) bond motifs is 2. The fraction of sp³-hybridized carbons (Fsp3) is 0.333. The number of carbonyl (C=O) groups is 2. The van der Waals surface area contributed by atoms with Gasteiger partial charge >= 0.3 is 5.97 Å². The Balaban J connectivity index is 1.79. The number of amides is 1. The average Bonchev–Trinajstić information content (AvgIpc) is 2.99. The highest BCUT2D eigenvalue weighted by molar-refractivity contribution is 5.96. The van der Waals surface area contributed by atoms with Crippen molar-refractivity contribution >= 4 is 17.6 Å². The number of aliphatic carboxylic acids is 1. The number of carbonyl (C=O) groups excluding carboxylic acids is 1. The van der Waals surface area contributed by atoms with E-state index in [0.717, 1.165) is 6.42 Å². The molecule has 2 bridgehead atoms. The molecule has 0 aromatic heterocycles. The number of rotatable bonds is 3. The van der Waals surface area contributed by atoms with Crippen molar-refractivity contribution < 1.29 is 14.7 Å². The van der Waals surface area contributed by atoms with Crippen LogP contribution in [0.3, 0.4) is 0 Å². The summed E-state index contributed by atoms with van der Waals surface area (Å²) < 4.78 is 0. The van der Waals surface area contributed by atoms with E-state index in [4.69, 9.17) is 0 Å². The van der Waals surface area contributed by atoms with E-state index < -0.39 is 17.8 Å². The molecule has 0 saturated heterocycles. The first-order valence-corrected chi connectivity index (χ1v) is 6.44. The maximum absolute atomic E-state index is 12.3. The molecule has 0 spiro atoms. The molecule has 98 valence electrons. The van der Waals surface area contributed by atoms with E-state index in [-0.39, 0.29) is 17.7 Å². The van der Waals surface area contributed by atoms with Crippen LogP contribution >= 0.6 is 0 Å². The minimum absolute atomic E-state index is 0.00835. The van der Waals surface area contributed by atoms with Crippen molar-refractivity contribution in [3.8, 4) is 0 Å². The molecule has 4 heteroatoms. The van der Waals surface area contributed by atoms with Crippen LogP contribution in [0.1, 0.15) is 6.42 Å². The lowest BCUT2D eigenvalue weighted by molar-refractivity contribution is -0.146. The molecule has 0 unspecified atom stereocenters. The van der Waals surface area contributed by atoms with Crippen LogP contribution in [0, 0.1) is 23.7 Å². The molecule has 1 saturated carbocycles. The average molecular weight is 257 g/mol. The molecule has 3 rings (SSSR count). The maximum atomic E-state index is 12.3. The van der Waals surface area contributed by atoms with E-state index >= 15 is 0 Å². The molecule has 0 aliphatic heterocycles. The zero-order valence-corrected chi connectivity index (χ0v) is 10.3. The first-order valence-electron chi connectivity index (χ1n) is 6.44. The van der Waals surface area contributed by atoms with Gasteiger partial charge in [0.05, 0.1) is 11.8 Å². The van der Waals surface area contributed by atoms with Crippen molar-refractivity contribution in [2.24, 2.45) is 23.7 Å². The minimum atomic E-state index is -0.870. The number of carboxylic acid groups (broad SMARTS) is 1. The third kappa shape index (κ3) is 2.03. The van der Waals surface area contributed by atoms with Gasteiger partial charge in [-0.3, -0.25) is 9.59 Å². The topological polar surface area (TPSA) is 66.4 Å². The Labute approximate surface area is 111 Å². The molecule has 4 atom stereocenters. The first-order chi connectivity index (χ1) is 9.16. The van der Waals surface area contributed by atoms with Crippen LogP contribution in [-0.2, 0) is 9.59 Å². The van der Waals surface area contributed by atoms with Gasteiger partial charge in [-0.05, 0) is 30.4 Å². The molecule has 2 aliphatic rings. The van der Waals surface area contributed by atoms with Crippen LogP contribution in [-0.4, -0.2) is 17.0 Å². The normalized spacial score (nSPS) is 31.4. The highest BCUT2D eigenvalue weighted by Gasteiger charge is 2.51. The molecule has 2 aliphatic carbocycles. The van der Waals surface area contributed by atoms with Gasteiger partial charge in [0, 0.05) is 5.69 Å². The summed E-state index contributed by atoms with van der Waals surface area (Å²) in [5, 5.41) is 12.1. The zero-order valence-electron chi connectivity index (χ0n) is 10.3. The van der Waals surface area contributed by atoms with Gasteiger partial charge in [-0.2, -0.15) is 0 Å². The molecule has 1 aromatic carbocycles. The summed E-state index contributed by atoms with van der Waals surface area (Å²) in [4.78, 5) is 23.7. The van der Waals surface area contributed by atoms with E-state index in [1.807, 2.05) is 30.4 Å². The lowest BCUT2D eigenvalue weighted by Gasteiger charge is -2.23. The molecular formula is C15H15NO3. The molecule has 1 amide bonds. The summed E-state index contributed by atoms with van der Waals surface area (Å²) in [5.41, 5.74) is 0.711. The van der Waals surface area contributed by atoms with Crippen molar-refractivity contribution in [2.75, 3.05) is 5.32 Å². The van der Waals surface area contributed by atoms with Crippen LogP contribution in [0.15, 0.2) is 42.5 Å². The van der Waals surface area contributed by atoms with Crippen LogP contribution < -0.4 is 5.32 Å². The quantitative estimate of drug-likeness (QED) is 0.815. The molecular weight excluding hydrogens is 242 g/mol. The first kappa shape index (κ1) is 12.0. The van der Waals surface area contributed by atoms with E-state index in [0.29, 0.717) is 5.69 Å². The number of benzene rings is 1. The van der Waals surface area contributed by atoms with Crippen molar-refractivity contribution in [3.05, 3.63) is 42.5 Å². The second-order valence-electron chi connectivity index (χ2n) is 5.19. The molecule has 1 fully saturated rings. The van der Waals surface area contributed by atoms with Gasteiger partial charge in [0.15, 0.2) is 0 Å². The van der Waals surface area contributed by atoms with Crippen molar-refractivity contribution in [1.82, 2.24) is 0 Å². The minimum Gasteiger partial charge on any atom is -0.481 e. The third-order valence-corrected chi connectivity index (χ3v) is 4.09. The Morgan fingerprint density at radius 1 is 1.05 bits per heavy atom. The van der Waals surface area contributed by atoms with E-state index in [2.05, 4.69) is 5.32 Å². The van der Waals surface area contributed by atoms with Crippen molar-refractivity contribution in [2.45, 2.75) is 6.42 Å². The molecule has 2 N–H and O–H groups in total. The van der Waals surface area contributed by atoms with Gasteiger partial charge in [0.2, 0.25) is 5.91 Å². The summed E-state index contributed by atoms with van der Waals surface area (Å²) in [6, 6.07) is 9.15. The molecule has 19 heavy (non-hydrogen) atoms. The van der Waals surface area contributed by atoms with Crippen molar-refractivity contribution in [3.63, 3.8) is 0 Å². The van der Waals surface area contributed by atoms with Gasteiger partial charge in [0.1, 0.15) is 0 Å². The van der Waals surface area contributed by atoms with Crippen LogP contribution in [0.2, 0.25) is 0 Å². The third-order valence-electron chi connectivity index (χ3n) is 4.09. The maximum Gasteiger partial charge on any atom is 0.307 e. The smallest absolute Gasteiger partial charge is 0.307 e. The fourth-order valence-corrected chi connectivity index (χ4v) is 3.26. The van der Waals surface area contributed by atoms with Crippen LogP contribution in [0.25, 0.3) is 0 Å². The molecule has 4 nitrogen and oxygen atoms in total. The SMILES string of the molecule is O=C(O)[C@@H]1[C@H](C(=O)Nc2ccccc2)[C@@H]2C=C[C@H]1C2. The Morgan fingerprint density at radius 2 is 1.68 bits per heavy atom. The molecule has 0 heterocycles. The number of para-hydroxylation sites is 1. The predicted octanol–water partition coefficient (Wildman–Crippen LogP) is 2.15. The summed E-state index contributed by atoms with van der Waals surface area (Å²) in [7, 11) is 0. The fourth-order valence-electron chi connectivity index (χ4n) is 3.26. The van der Waals surface area contributed by atoms with E-state index in [1.54, 1.807) is 12.1 Å². The summed E-state index contributed by atoms with van der Waals surface area (Å²) in [6.07, 6.45) is 4.71. The molecule has 1 aromatic rings. The van der Waals surface area contributed by atoms with Gasteiger partial charge < -0.3 is 10.4 Å². The number of hydrogen-bond donors (Lipinski definition) is 2. The second-order valence-corrected chi connectivity index (χ2v) is 5.19. The van der Waals surface area contributed by atoms with Gasteiger partial charge in [-0.15, -0.1) is 0 Å². The number of hydrogen-bond acceptors (Lipinski definition) is 2. The summed E-state index contributed by atoms with van der Waals surface area (Å²) in [5.74, 6) is -2.02. The van der Waals surface area contributed by atoms with Crippen molar-refractivity contribution in [1.29, 1.82) is 0 Å². The number of allylic oxidation sites excluding steroid dienone is 2. The number of carboxylic acids is 1. The Bertz CT molecular complexity index is 538. The van der Waals surface area contributed by atoms with E-state index in [1.165, 1.54) is 0 Å². The lowest BCUT2D eigenvalue weighted by atomic mass is 9.82. The molecule has 0 radical (unpaired) electrons. The van der Waals surface area contributed by atoms with Gasteiger partial charge in [-0.1, -0.05) is 30.4 Å². The summed E-state index contributed by atoms with van der Waals surface area (Å²) in [6.45, 7) is 0. The predicted molar refractivity (Wildman–Crippen MR) is 70.4 cm³/mol. The van der Waals surface area contributed by atoms with Gasteiger partial charge in [-0.25, -0.2) is 0 Å². The number of nitrogens with one attached hydrogen (secondary N) is 1. The zero-order chi connectivity index (χ0) is 13.4. The van der Waals surface area contributed by atoms with Crippen LogP contribution in [0.5, 0.6) is 0 Å². The van der Waals surface area contributed by atoms with Gasteiger partial charge in [0.25, 0.3) is 0 Å². The second kappa shape index (κ2) is 4.53. The highest BCUT2D eigenvalue weighted by Crippen LogP contribution is 2.48. The summed E-state index contributed by atoms with van der Waals surface area (Å²) >= 11 is 0. The Morgan fingerprint density at radius 3 is 2.32 bits per heavy atom. The Hall–Kier alpha value is -2.10. The number of anilines is 1. The monoisotopic (exact) mass is 257 g/mol. The van der Waals surface area contributed by atoms with Crippen LogP contribution in [0.4, 0.5) is 5.69 Å². The standard InChI is InChI=1S/C15H15NO3/c17-14(16-11-4-2-1-3-5-11)12-9-6-7-10(8-9)13(12)15(18)19/h1-7,9-10,12-13H,8H2,(H,16,17)(H,18,19)/t9-,10+,12-,13+/m1/s1. The Kier molecular flexibility index (Phi) is 2.85. The largest absolute Gasteiger partial charge is 0.481 e. The highest BCUT2D eigenvalue weighted by atomic mass is 16.4.